The summed E-state index contributed by atoms with van der Waals surface area (Å²) in [6.45, 7) is 1.64. The van der Waals surface area contributed by atoms with Crippen LogP contribution in [0.15, 0.2) is 12.1 Å². The van der Waals surface area contributed by atoms with E-state index < -0.39 is 82.1 Å². The van der Waals surface area contributed by atoms with Gasteiger partial charge in [-0.3, -0.25) is 28.9 Å². The van der Waals surface area contributed by atoms with Crippen LogP contribution in [0.25, 0.3) is 0 Å². The number of phenols is 1. The van der Waals surface area contributed by atoms with Crippen LogP contribution in [0, 0.1) is 35.0 Å². The lowest BCUT2D eigenvalue weighted by Crippen LogP contribution is -2.77. The summed E-state index contributed by atoms with van der Waals surface area (Å²) >= 11 is 0. The third kappa shape index (κ3) is 3.18. The SMILES string of the molecule is C[C@@H]1c2ccc(CCC#N)c(O)c2C(=O)C2C(=O)[C@@]3(O)C(=O)C(C(N)=O)C(=O)[C@H](N(C)C)[C@H]3[C@H](O)[C@H]21. The van der Waals surface area contributed by atoms with E-state index in [1.165, 1.54) is 19.0 Å². The van der Waals surface area contributed by atoms with E-state index in [0.29, 0.717) is 11.1 Å². The largest absolute Gasteiger partial charge is 0.507 e. The highest BCUT2D eigenvalue weighted by Gasteiger charge is 2.72. The Kier molecular flexibility index (Phi) is 6.11. The summed E-state index contributed by atoms with van der Waals surface area (Å²) in [7, 11) is 2.87. The number of likely N-dealkylation sites (N-methyl/N-ethyl adjacent to an activating group) is 1. The molecule has 190 valence electrons. The van der Waals surface area contributed by atoms with Crippen LogP contribution in [-0.2, 0) is 25.6 Å². The van der Waals surface area contributed by atoms with E-state index in [1.54, 1.807) is 19.1 Å². The lowest BCUT2D eigenvalue weighted by Gasteiger charge is -2.56. The molecule has 0 radical (unpaired) electrons. The third-order valence-electron chi connectivity index (χ3n) is 8.08. The van der Waals surface area contributed by atoms with E-state index in [0.717, 1.165) is 0 Å². The number of aryl methyl sites for hydroxylation is 1. The maximum absolute atomic E-state index is 13.8. The number of carbonyl (C=O) groups excluding carboxylic acids is 5. The minimum Gasteiger partial charge on any atom is -0.507 e. The fraction of sp³-hybridized carbons (Fsp3) is 0.520. The van der Waals surface area contributed by atoms with E-state index in [2.05, 4.69) is 0 Å². The van der Waals surface area contributed by atoms with Crippen LogP contribution in [0.5, 0.6) is 5.75 Å². The molecule has 2 saturated carbocycles. The van der Waals surface area contributed by atoms with Crippen molar-refractivity contribution >= 4 is 29.0 Å². The monoisotopic (exact) mass is 497 g/mol. The second-order valence-electron chi connectivity index (χ2n) is 10.1. The minimum absolute atomic E-state index is 0.0736. The maximum Gasteiger partial charge on any atom is 0.235 e. The van der Waals surface area contributed by atoms with Crippen LogP contribution in [0.4, 0.5) is 0 Å². The molecule has 8 atom stereocenters. The first kappa shape index (κ1) is 25.6. The molecule has 1 aromatic carbocycles. The number of nitriles is 1. The molecular weight excluding hydrogens is 470 g/mol. The van der Waals surface area contributed by atoms with Gasteiger partial charge in [-0.05, 0) is 37.6 Å². The van der Waals surface area contributed by atoms with Crippen molar-refractivity contribution in [3.8, 4) is 11.8 Å². The number of primary amides is 1. The smallest absolute Gasteiger partial charge is 0.235 e. The van der Waals surface area contributed by atoms with E-state index in [1.807, 2.05) is 6.07 Å². The summed E-state index contributed by atoms with van der Waals surface area (Å²) in [5, 5.41) is 42.8. The molecule has 1 amide bonds. The van der Waals surface area contributed by atoms with Gasteiger partial charge in [-0.2, -0.15) is 5.26 Å². The van der Waals surface area contributed by atoms with Crippen molar-refractivity contribution in [2.45, 2.75) is 43.4 Å². The van der Waals surface area contributed by atoms with Crippen LogP contribution in [0.1, 0.15) is 40.7 Å². The number of phenolic OH excluding ortho intramolecular Hbond substituents is 1. The van der Waals surface area contributed by atoms with Gasteiger partial charge in [-0.1, -0.05) is 19.1 Å². The van der Waals surface area contributed by atoms with Crippen molar-refractivity contribution in [1.82, 2.24) is 4.90 Å². The lowest BCUT2D eigenvalue weighted by atomic mass is 9.49. The number of nitrogens with two attached hydrogens (primary N) is 1. The number of benzene rings is 1. The Morgan fingerprint density at radius 3 is 2.39 bits per heavy atom. The number of nitrogens with zero attached hydrogens (tertiary/aromatic N) is 2. The highest BCUT2D eigenvalue weighted by Crippen LogP contribution is 2.54. The van der Waals surface area contributed by atoms with Crippen LogP contribution >= 0.6 is 0 Å². The Morgan fingerprint density at radius 2 is 1.83 bits per heavy atom. The number of hydrogen-bond donors (Lipinski definition) is 4. The predicted octanol–water partition coefficient (Wildman–Crippen LogP) is -1.15. The van der Waals surface area contributed by atoms with Gasteiger partial charge in [0.05, 0.1) is 35.6 Å². The van der Waals surface area contributed by atoms with Gasteiger partial charge in [0.1, 0.15) is 5.75 Å². The summed E-state index contributed by atoms with van der Waals surface area (Å²) in [5.74, 6) is -13.5. The average Bonchev–Trinajstić information content (AvgIpc) is 2.80. The van der Waals surface area contributed by atoms with E-state index in [9.17, 15) is 39.3 Å². The third-order valence-corrected chi connectivity index (χ3v) is 8.08. The zero-order valence-corrected chi connectivity index (χ0v) is 20.0. The molecule has 2 fully saturated rings. The number of amides is 1. The normalized spacial score (nSPS) is 35.6. The summed E-state index contributed by atoms with van der Waals surface area (Å²) in [5.41, 5.74) is 2.77. The Balaban J connectivity index is 1.92. The zero-order chi connectivity index (χ0) is 26.9. The Labute approximate surface area is 206 Å². The molecule has 3 aliphatic carbocycles. The number of aliphatic hydroxyl groups is 2. The molecule has 0 spiro atoms. The zero-order valence-electron chi connectivity index (χ0n) is 20.0. The highest BCUT2D eigenvalue weighted by molar-refractivity contribution is 6.32. The Hall–Kier alpha value is -3.46. The molecule has 0 aliphatic heterocycles. The molecule has 4 rings (SSSR count). The second-order valence-corrected chi connectivity index (χ2v) is 10.1. The first-order valence-electron chi connectivity index (χ1n) is 11.6. The molecule has 0 bridgehead atoms. The van der Waals surface area contributed by atoms with Crippen molar-refractivity contribution in [3.05, 3.63) is 28.8 Å². The molecule has 36 heavy (non-hydrogen) atoms. The number of Topliss-reactive ketones (excluding diaryl/α,β-unsaturated/α-hetero) is 4. The molecular formula is C25H27N3O8. The molecule has 11 heteroatoms. The number of rotatable bonds is 4. The standard InChI is InChI=1S/C25H27N3O8/c1-9-11-7-6-10(5-4-8-26)18(29)13(11)19(30)14-12(9)20(31)16-17(28(2)3)21(32)15(24(27)35)23(34)25(16,36)22(14)33/h6-7,9,12,14-17,20,29,31,36H,4-5H2,1-3H3,(H2,27,35)/t9-,12+,14?,15?,16+,17-,20-,25-/m1/s1. The van der Waals surface area contributed by atoms with Crippen LogP contribution in [-0.4, -0.2) is 81.1 Å². The van der Waals surface area contributed by atoms with Crippen molar-refractivity contribution < 1.29 is 39.3 Å². The Bertz CT molecular complexity index is 1250. The molecule has 0 aromatic heterocycles. The molecule has 11 nitrogen and oxygen atoms in total. The summed E-state index contributed by atoms with van der Waals surface area (Å²) in [4.78, 5) is 67.3. The number of aliphatic hydroxyl groups excluding tert-OH is 1. The number of fused-ring (bicyclic) bond motifs is 3. The number of carbonyl (C=O) groups is 5. The van der Waals surface area contributed by atoms with Gasteiger partial charge >= 0.3 is 0 Å². The first-order valence-corrected chi connectivity index (χ1v) is 11.6. The summed E-state index contributed by atoms with van der Waals surface area (Å²) < 4.78 is 0. The quantitative estimate of drug-likeness (QED) is 0.368. The van der Waals surface area contributed by atoms with E-state index >= 15 is 0 Å². The molecule has 5 N–H and O–H groups in total. The maximum atomic E-state index is 13.8. The minimum atomic E-state index is -3.02. The average molecular weight is 498 g/mol. The predicted molar refractivity (Wildman–Crippen MR) is 121 cm³/mol. The summed E-state index contributed by atoms with van der Waals surface area (Å²) in [6.07, 6.45) is -1.44. The fourth-order valence-electron chi connectivity index (χ4n) is 6.42. The van der Waals surface area contributed by atoms with Crippen molar-refractivity contribution in [1.29, 1.82) is 5.26 Å². The highest BCUT2D eigenvalue weighted by atomic mass is 16.3. The molecule has 2 unspecified atom stereocenters. The van der Waals surface area contributed by atoms with Crippen molar-refractivity contribution in [2.24, 2.45) is 29.4 Å². The number of aromatic hydroxyl groups is 1. The summed E-state index contributed by atoms with van der Waals surface area (Å²) in [6, 6.07) is 3.69. The van der Waals surface area contributed by atoms with E-state index in [-0.39, 0.29) is 18.4 Å². The Morgan fingerprint density at radius 1 is 1.19 bits per heavy atom. The topological polar surface area (TPSA) is 199 Å². The van der Waals surface area contributed by atoms with Crippen LogP contribution in [0.3, 0.4) is 0 Å². The van der Waals surface area contributed by atoms with Crippen LogP contribution < -0.4 is 5.73 Å². The van der Waals surface area contributed by atoms with Gasteiger partial charge in [-0.15, -0.1) is 0 Å². The van der Waals surface area contributed by atoms with Gasteiger partial charge in [0, 0.05) is 12.3 Å². The second kappa shape index (κ2) is 8.58. The van der Waals surface area contributed by atoms with Crippen molar-refractivity contribution in [2.75, 3.05) is 14.1 Å². The number of hydrogen-bond acceptors (Lipinski definition) is 10. The molecule has 3 aliphatic rings. The van der Waals surface area contributed by atoms with Gasteiger partial charge in [0.15, 0.2) is 34.7 Å². The van der Waals surface area contributed by atoms with Gasteiger partial charge in [0.25, 0.3) is 0 Å². The lowest BCUT2D eigenvalue weighted by molar-refractivity contribution is -0.196. The van der Waals surface area contributed by atoms with Gasteiger partial charge in [0.2, 0.25) is 5.91 Å². The first-order chi connectivity index (χ1) is 16.8. The molecule has 0 heterocycles. The van der Waals surface area contributed by atoms with Gasteiger partial charge in [-0.25, -0.2) is 0 Å². The molecule has 1 aromatic rings. The van der Waals surface area contributed by atoms with Crippen molar-refractivity contribution in [3.63, 3.8) is 0 Å². The van der Waals surface area contributed by atoms with Gasteiger partial charge < -0.3 is 21.1 Å². The molecule has 0 saturated heterocycles. The number of ketones is 4. The van der Waals surface area contributed by atoms with Crippen LogP contribution in [0.2, 0.25) is 0 Å². The fourth-order valence-corrected chi connectivity index (χ4v) is 6.42. The van der Waals surface area contributed by atoms with E-state index in [4.69, 9.17) is 11.0 Å².